The topological polar surface area (TPSA) is 33.5 Å². The Balaban J connectivity index is 0.00000514. The van der Waals surface area contributed by atoms with Gasteiger partial charge >= 0.3 is 0 Å². The van der Waals surface area contributed by atoms with Gasteiger partial charge in [0, 0.05) is 66.5 Å². The molecule has 0 fully saturated rings. The first-order valence-electron chi connectivity index (χ1n) is 20.8. The molecule has 8 aromatic rings. The summed E-state index contributed by atoms with van der Waals surface area (Å²) in [4.78, 5) is 9.34. The van der Waals surface area contributed by atoms with E-state index in [4.69, 9.17) is 9.72 Å². The minimum Gasteiger partial charge on any atom is -0.509 e. The normalized spacial score (nSPS) is 13.4. The van der Waals surface area contributed by atoms with Crippen LogP contribution in [0.1, 0.15) is 72.1 Å². The number of nitrogens with zero attached hydrogens (tertiary/aromatic N) is 4. The van der Waals surface area contributed by atoms with Gasteiger partial charge in [0.25, 0.3) is 0 Å². The molecule has 61 heavy (non-hydrogen) atoms. The molecule has 3 heterocycles. The first-order valence-corrected chi connectivity index (χ1v) is 20.8. The Hall–Kier alpha value is -5.90. The van der Waals surface area contributed by atoms with Gasteiger partial charge in [0.15, 0.2) is 0 Å². The average molecular weight is 979 g/mol. The van der Waals surface area contributed by atoms with Crippen LogP contribution in [-0.4, -0.2) is 9.55 Å². The van der Waals surface area contributed by atoms with Crippen LogP contribution in [0.4, 0.5) is 11.4 Å². The molecule has 0 saturated heterocycles. The van der Waals surface area contributed by atoms with E-state index in [0.717, 1.165) is 39.0 Å². The van der Waals surface area contributed by atoms with Gasteiger partial charge in [-0.05, 0) is 75.2 Å². The number of aromatic nitrogens is 2. The second kappa shape index (κ2) is 16.2. The van der Waals surface area contributed by atoms with Crippen molar-refractivity contribution >= 4 is 33.2 Å². The van der Waals surface area contributed by atoms with Crippen LogP contribution in [0.25, 0.3) is 38.8 Å². The van der Waals surface area contributed by atoms with E-state index in [9.17, 15) is 0 Å². The van der Waals surface area contributed by atoms with Crippen LogP contribution in [0.15, 0.2) is 164 Å². The van der Waals surface area contributed by atoms with E-state index in [2.05, 4.69) is 222 Å². The molecule has 0 atom stereocenters. The first-order chi connectivity index (χ1) is 28.7. The number of benzene rings is 6. The maximum atomic E-state index is 6.60. The van der Waals surface area contributed by atoms with Crippen molar-refractivity contribution in [2.45, 2.75) is 66.2 Å². The quantitative estimate of drug-likeness (QED) is 0.142. The molecule has 310 valence electrons. The maximum Gasteiger partial charge on any atom is 0.135 e. The van der Waals surface area contributed by atoms with Gasteiger partial charge in [0.2, 0.25) is 0 Å². The van der Waals surface area contributed by atoms with Gasteiger partial charge in [0.1, 0.15) is 5.82 Å². The van der Waals surface area contributed by atoms with Crippen molar-refractivity contribution in [3.8, 4) is 28.4 Å². The SMILES string of the molecule is CC(C)(C)C1=CN(c2[c-]c(Oc3[c-]c4c(cc3)c3ccccc3n4-c3cc(C(C)(C)C)ccn3)ccc2)[CH-]N1c1cc(-c2ccccc2)cc(C(C)(C)c2ccccc2)c1.[Pt]. The Morgan fingerprint density at radius 1 is 0.574 bits per heavy atom. The maximum absolute atomic E-state index is 6.60. The Labute approximate surface area is 375 Å². The number of para-hydroxylation sites is 1. The van der Waals surface area contributed by atoms with E-state index in [0.29, 0.717) is 11.5 Å². The van der Waals surface area contributed by atoms with E-state index in [1.807, 2.05) is 24.4 Å². The largest absolute Gasteiger partial charge is 0.509 e. The van der Waals surface area contributed by atoms with Crippen LogP contribution in [-0.2, 0) is 31.9 Å². The number of rotatable bonds is 8. The monoisotopic (exact) mass is 978 g/mol. The standard InChI is InChI=1S/C55H51N4O.Pt/c1-53(2,3)41-28-29-56-52(33-41)59-49-25-16-15-24-47(49)48-27-26-46(35-50(48)59)60-45-23-17-22-43(34-45)57-36-51(54(4,5)6)58(37-57)44-31-39(38-18-11-9-12-19-38)30-42(32-44)55(7,8)40-20-13-10-14-21-40;/h9-33,36-37H,1-8H3;/q-3;. The number of hydrogen-bond donors (Lipinski definition) is 0. The van der Waals surface area contributed by atoms with Crippen molar-refractivity contribution in [2.75, 3.05) is 9.80 Å². The Kier molecular flexibility index (Phi) is 11.1. The van der Waals surface area contributed by atoms with Gasteiger partial charge in [-0.15, -0.1) is 48.1 Å². The van der Waals surface area contributed by atoms with Gasteiger partial charge < -0.3 is 19.1 Å². The molecule has 0 radical (unpaired) electrons. The first kappa shape index (κ1) is 41.8. The zero-order valence-corrected chi connectivity index (χ0v) is 38.4. The minimum atomic E-state index is -0.230. The summed E-state index contributed by atoms with van der Waals surface area (Å²) in [5, 5.41) is 2.24. The molecule has 1 aliphatic rings. The molecule has 6 aromatic carbocycles. The number of pyridine rings is 1. The summed E-state index contributed by atoms with van der Waals surface area (Å²) in [6.07, 6.45) is 4.12. The van der Waals surface area contributed by atoms with Gasteiger partial charge in [-0.1, -0.05) is 146 Å². The fourth-order valence-corrected chi connectivity index (χ4v) is 8.18. The third-order valence-electron chi connectivity index (χ3n) is 11.7. The number of hydrogen-bond acceptors (Lipinski definition) is 4. The molecule has 2 aromatic heterocycles. The molecule has 1 aliphatic heterocycles. The van der Waals surface area contributed by atoms with Crippen LogP contribution in [0.5, 0.6) is 11.5 Å². The fraction of sp³-hybridized carbons (Fsp3) is 0.200. The summed E-state index contributed by atoms with van der Waals surface area (Å²) < 4.78 is 8.79. The predicted octanol–water partition coefficient (Wildman–Crippen LogP) is 14.2. The zero-order valence-electron chi connectivity index (χ0n) is 36.1. The number of anilines is 2. The van der Waals surface area contributed by atoms with E-state index < -0.39 is 0 Å². The Morgan fingerprint density at radius 2 is 1.28 bits per heavy atom. The number of ether oxygens (including phenoxy) is 1. The summed E-state index contributed by atoms with van der Waals surface area (Å²) in [6, 6.07) is 58.6. The predicted molar refractivity (Wildman–Crippen MR) is 249 cm³/mol. The van der Waals surface area contributed by atoms with Gasteiger partial charge in [-0.25, -0.2) is 4.98 Å². The molecule has 0 spiro atoms. The molecule has 5 nitrogen and oxygen atoms in total. The average Bonchev–Trinajstić information content (AvgIpc) is 3.85. The Bertz CT molecular complexity index is 2880. The summed E-state index contributed by atoms with van der Waals surface area (Å²) in [5.74, 6) is 2.07. The van der Waals surface area contributed by atoms with Crippen LogP contribution >= 0.6 is 0 Å². The second-order valence-electron chi connectivity index (χ2n) is 18.4. The van der Waals surface area contributed by atoms with Crippen molar-refractivity contribution < 1.29 is 25.8 Å². The van der Waals surface area contributed by atoms with Gasteiger partial charge in [-0.3, -0.25) is 0 Å². The molecule has 0 unspecified atom stereocenters. The molecular weight excluding hydrogens is 928 g/mol. The smallest absolute Gasteiger partial charge is 0.135 e. The summed E-state index contributed by atoms with van der Waals surface area (Å²) >= 11 is 0. The van der Waals surface area contributed by atoms with Gasteiger partial charge in [0.05, 0.1) is 0 Å². The summed E-state index contributed by atoms with van der Waals surface area (Å²) in [5.41, 5.74) is 10.8. The number of allylic oxidation sites excluding steroid dienone is 1. The fourth-order valence-electron chi connectivity index (χ4n) is 8.18. The van der Waals surface area contributed by atoms with E-state index in [1.54, 1.807) is 0 Å². The van der Waals surface area contributed by atoms with E-state index in [1.165, 1.54) is 33.5 Å². The minimum absolute atomic E-state index is 0. The third kappa shape index (κ3) is 8.17. The Morgan fingerprint density at radius 3 is 2.02 bits per heavy atom. The van der Waals surface area contributed by atoms with Crippen molar-refractivity contribution in [3.05, 3.63) is 199 Å². The van der Waals surface area contributed by atoms with Gasteiger partial charge in [-0.2, -0.15) is 12.1 Å². The molecule has 0 aliphatic carbocycles. The molecule has 6 heteroatoms. The van der Waals surface area contributed by atoms with Crippen LogP contribution < -0.4 is 14.5 Å². The second-order valence-corrected chi connectivity index (χ2v) is 18.4. The van der Waals surface area contributed by atoms with E-state index >= 15 is 0 Å². The molecular formula is C55H51N4OPt-3. The molecule has 0 saturated carbocycles. The van der Waals surface area contributed by atoms with Crippen LogP contribution in [0.3, 0.4) is 0 Å². The van der Waals surface area contributed by atoms with Crippen molar-refractivity contribution in [1.29, 1.82) is 0 Å². The summed E-state index contributed by atoms with van der Waals surface area (Å²) in [6.45, 7) is 20.3. The van der Waals surface area contributed by atoms with Crippen molar-refractivity contribution in [3.63, 3.8) is 0 Å². The van der Waals surface area contributed by atoms with Crippen molar-refractivity contribution in [1.82, 2.24) is 9.55 Å². The molecule has 0 N–H and O–H groups in total. The number of fused-ring (bicyclic) bond motifs is 3. The zero-order chi connectivity index (χ0) is 41.8. The molecule has 9 rings (SSSR count). The molecule has 0 amide bonds. The molecule has 0 bridgehead atoms. The third-order valence-corrected chi connectivity index (χ3v) is 11.7. The van der Waals surface area contributed by atoms with Crippen LogP contribution in [0, 0.1) is 24.2 Å². The van der Waals surface area contributed by atoms with Crippen molar-refractivity contribution in [2.24, 2.45) is 5.41 Å². The summed E-state index contributed by atoms with van der Waals surface area (Å²) in [7, 11) is 0. The van der Waals surface area contributed by atoms with Crippen LogP contribution in [0.2, 0.25) is 0 Å². The van der Waals surface area contributed by atoms with E-state index in [-0.39, 0.29) is 37.3 Å².